The molecule has 73 heavy (non-hydrogen) atoms. The van der Waals surface area contributed by atoms with Gasteiger partial charge in [0.15, 0.2) is 6.10 Å². The SMILES string of the molecule is CCCCCCCCCC/C=C\CCCCCCCCCCCCCCCC(=O)OCC(COC(=O)CCCCCCCCC)OC(=O)CCCCCCCCCCCCCCCCCCCCCCCCC. The number of unbranched alkanes of at least 4 members (excludes halogenated alkanes) is 49. The summed E-state index contributed by atoms with van der Waals surface area (Å²) in [5, 5.41) is 0. The van der Waals surface area contributed by atoms with Crippen LogP contribution in [0.2, 0.25) is 0 Å². The monoisotopic (exact) mass is 1030 g/mol. The van der Waals surface area contributed by atoms with Crippen LogP contribution in [0.4, 0.5) is 0 Å². The van der Waals surface area contributed by atoms with Crippen LogP contribution in [0, 0.1) is 0 Å². The van der Waals surface area contributed by atoms with Gasteiger partial charge in [0, 0.05) is 19.3 Å². The quantitative estimate of drug-likeness (QED) is 0.0261. The highest BCUT2D eigenvalue weighted by atomic mass is 16.6. The topological polar surface area (TPSA) is 78.9 Å². The second kappa shape index (κ2) is 62.7. The Labute approximate surface area is 456 Å². The van der Waals surface area contributed by atoms with E-state index in [0.29, 0.717) is 19.3 Å². The maximum absolute atomic E-state index is 12.9. The molecule has 0 radical (unpaired) electrons. The molecule has 432 valence electrons. The highest BCUT2D eigenvalue weighted by Gasteiger charge is 2.19. The van der Waals surface area contributed by atoms with Gasteiger partial charge in [-0.15, -0.1) is 0 Å². The van der Waals surface area contributed by atoms with Crippen LogP contribution in [-0.4, -0.2) is 37.2 Å². The van der Waals surface area contributed by atoms with Gasteiger partial charge in [-0.2, -0.15) is 0 Å². The molecule has 0 saturated heterocycles. The largest absolute Gasteiger partial charge is 0.462 e. The summed E-state index contributed by atoms with van der Waals surface area (Å²) in [6.45, 7) is 6.67. The van der Waals surface area contributed by atoms with Crippen molar-refractivity contribution in [3.63, 3.8) is 0 Å². The van der Waals surface area contributed by atoms with Crippen LogP contribution in [0.15, 0.2) is 12.2 Å². The second-order valence-corrected chi connectivity index (χ2v) is 22.7. The zero-order valence-electron chi connectivity index (χ0n) is 49.7. The summed E-state index contributed by atoms with van der Waals surface area (Å²) in [5.74, 6) is -0.842. The van der Waals surface area contributed by atoms with Gasteiger partial charge in [0.2, 0.25) is 0 Å². The molecule has 0 aliphatic rings. The van der Waals surface area contributed by atoms with Crippen LogP contribution in [0.1, 0.15) is 380 Å². The van der Waals surface area contributed by atoms with Crippen LogP contribution >= 0.6 is 0 Å². The van der Waals surface area contributed by atoms with Crippen molar-refractivity contribution in [2.45, 2.75) is 386 Å². The zero-order valence-corrected chi connectivity index (χ0v) is 49.7. The van der Waals surface area contributed by atoms with E-state index in [2.05, 4.69) is 32.9 Å². The first-order valence-electron chi connectivity index (χ1n) is 33.2. The van der Waals surface area contributed by atoms with Crippen molar-refractivity contribution in [2.75, 3.05) is 13.2 Å². The summed E-state index contributed by atoms with van der Waals surface area (Å²) in [4.78, 5) is 38.1. The lowest BCUT2D eigenvalue weighted by Crippen LogP contribution is -2.30. The number of carbonyl (C=O) groups is 3. The Balaban J connectivity index is 4.05. The van der Waals surface area contributed by atoms with Gasteiger partial charge in [0.1, 0.15) is 13.2 Å². The van der Waals surface area contributed by atoms with Crippen molar-refractivity contribution in [3.8, 4) is 0 Å². The van der Waals surface area contributed by atoms with E-state index >= 15 is 0 Å². The smallest absolute Gasteiger partial charge is 0.306 e. The highest BCUT2D eigenvalue weighted by Crippen LogP contribution is 2.18. The minimum Gasteiger partial charge on any atom is -0.462 e. The van der Waals surface area contributed by atoms with E-state index in [-0.39, 0.29) is 31.1 Å². The van der Waals surface area contributed by atoms with Gasteiger partial charge >= 0.3 is 17.9 Å². The minimum atomic E-state index is -0.763. The third kappa shape index (κ3) is 60.9. The van der Waals surface area contributed by atoms with Gasteiger partial charge in [-0.25, -0.2) is 0 Å². The van der Waals surface area contributed by atoms with Crippen LogP contribution in [0.5, 0.6) is 0 Å². The van der Waals surface area contributed by atoms with Crippen LogP contribution in [0.3, 0.4) is 0 Å². The average Bonchev–Trinajstić information content (AvgIpc) is 3.39. The molecule has 0 heterocycles. The van der Waals surface area contributed by atoms with E-state index in [1.807, 2.05) is 0 Å². The number of hydrogen-bond donors (Lipinski definition) is 0. The van der Waals surface area contributed by atoms with Crippen LogP contribution in [0.25, 0.3) is 0 Å². The Hall–Kier alpha value is -1.85. The Morgan fingerprint density at radius 1 is 0.260 bits per heavy atom. The van der Waals surface area contributed by atoms with Crippen molar-refractivity contribution >= 4 is 17.9 Å². The lowest BCUT2D eigenvalue weighted by molar-refractivity contribution is -0.167. The molecule has 0 amide bonds. The van der Waals surface area contributed by atoms with E-state index in [1.54, 1.807) is 0 Å². The molecule has 6 nitrogen and oxygen atoms in total. The lowest BCUT2D eigenvalue weighted by atomic mass is 10.0. The standard InChI is InChI=1S/C67H128O6/c1-4-7-10-13-16-18-20-22-24-26-28-30-32-33-35-36-38-40-42-44-46-48-51-54-57-60-66(69)72-63-64(62-71-65(68)59-56-53-50-15-12-9-6-3)73-67(70)61-58-55-52-49-47-45-43-41-39-37-34-31-29-27-25-23-21-19-17-14-11-8-5-2/h26,28,64H,4-25,27,29-63H2,1-3H3/b28-26-. The van der Waals surface area contributed by atoms with E-state index < -0.39 is 6.10 Å². The molecular weight excluding hydrogens is 901 g/mol. The van der Waals surface area contributed by atoms with E-state index in [1.165, 1.54) is 283 Å². The summed E-state index contributed by atoms with van der Waals surface area (Å²) in [6.07, 6.45) is 74.0. The average molecular weight is 1030 g/mol. The maximum Gasteiger partial charge on any atom is 0.306 e. The zero-order chi connectivity index (χ0) is 52.9. The fraction of sp³-hybridized carbons (Fsp3) is 0.925. The number of esters is 3. The predicted molar refractivity (Wildman–Crippen MR) is 317 cm³/mol. The molecule has 1 atom stereocenters. The molecule has 0 saturated carbocycles. The molecule has 0 fully saturated rings. The Morgan fingerprint density at radius 3 is 0.685 bits per heavy atom. The first-order valence-corrected chi connectivity index (χ1v) is 33.2. The predicted octanol–water partition coefficient (Wildman–Crippen LogP) is 22.4. The first kappa shape index (κ1) is 71.2. The first-order chi connectivity index (χ1) is 36.0. The van der Waals surface area contributed by atoms with Gasteiger partial charge in [-0.1, -0.05) is 328 Å². The van der Waals surface area contributed by atoms with Gasteiger partial charge in [-0.3, -0.25) is 14.4 Å². The molecule has 1 unspecified atom stereocenters. The molecule has 6 heteroatoms. The molecule has 0 spiro atoms. The second-order valence-electron chi connectivity index (χ2n) is 22.7. The van der Waals surface area contributed by atoms with Crippen LogP contribution in [-0.2, 0) is 28.6 Å². The molecule has 0 aromatic rings. The summed E-state index contributed by atoms with van der Waals surface area (Å²) in [6, 6.07) is 0. The number of hydrogen-bond acceptors (Lipinski definition) is 6. The van der Waals surface area contributed by atoms with Gasteiger partial charge in [-0.05, 0) is 44.9 Å². The number of allylic oxidation sites excluding steroid dienone is 2. The normalized spacial score (nSPS) is 12.0. The van der Waals surface area contributed by atoms with E-state index in [0.717, 1.165) is 57.8 Å². The highest BCUT2D eigenvalue weighted by molar-refractivity contribution is 5.71. The van der Waals surface area contributed by atoms with Gasteiger partial charge in [0.05, 0.1) is 0 Å². The third-order valence-electron chi connectivity index (χ3n) is 15.3. The van der Waals surface area contributed by atoms with Crippen molar-refractivity contribution in [2.24, 2.45) is 0 Å². The molecule has 0 bridgehead atoms. The Kier molecular flexibility index (Phi) is 61.1. The summed E-state index contributed by atoms with van der Waals surface area (Å²) >= 11 is 0. The Bertz CT molecular complexity index is 1130. The fourth-order valence-corrected chi connectivity index (χ4v) is 10.3. The van der Waals surface area contributed by atoms with Crippen molar-refractivity contribution in [1.82, 2.24) is 0 Å². The van der Waals surface area contributed by atoms with E-state index in [4.69, 9.17) is 14.2 Å². The maximum atomic E-state index is 12.9. The molecule has 0 aromatic heterocycles. The number of ether oxygens (including phenoxy) is 3. The van der Waals surface area contributed by atoms with Crippen LogP contribution < -0.4 is 0 Å². The number of rotatable bonds is 62. The van der Waals surface area contributed by atoms with Gasteiger partial charge < -0.3 is 14.2 Å². The molecule has 0 rings (SSSR count). The summed E-state index contributed by atoms with van der Waals surface area (Å²) in [5.41, 5.74) is 0. The van der Waals surface area contributed by atoms with Crippen molar-refractivity contribution in [3.05, 3.63) is 12.2 Å². The van der Waals surface area contributed by atoms with E-state index in [9.17, 15) is 14.4 Å². The summed E-state index contributed by atoms with van der Waals surface area (Å²) < 4.78 is 16.9. The minimum absolute atomic E-state index is 0.0640. The fourth-order valence-electron chi connectivity index (χ4n) is 10.3. The third-order valence-corrected chi connectivity index (χ3v) is 15.3. The molecule has 0 N–H and O–H groups in total. The molecule has 0 aliphatic heterocycles. The summed E-state index contributed by atoms with van der Waals surface area (Å²) in [7, 11) is 0. The van der Waals surface area contributed by atoms with Crippen molar-refractivity contribution < 1.29 is 28.6 Å². The molecular formula is C67H128O6. The Morgan fingerprint density at radius 2 is 0.452 bits per heavy atom. The van der Waals surface area contributed by atoms with Gasteiger partial charge in [0.25, 0.3) is 0 Å². The lowest BCUT2D eigenvalue weighted by Gasteiger charge is -2.18. The van der Waals surface area contributed by atoms with Crippen molar-refractivity contribution in [1.29, 1.82) is 0 Å². The molecule has 0 aliphatic carbocycles. The number of carbonyl (C=O) groups excluding carboxylic acids is 3. The molecule has 0 aromatic carbocycles.